The first kappa shape index (κ1) is 24.1. The molecule has 0 saturated carbocycles. The van der Waals surface area contributed by atoms with Crippen LogP contribution in [0.4, 0.5) is 4.79 Å². The molecule has 1 aromatic rings. The minimum atomic E-state index is -3.71. The lowest BCUT2D eigenvalue weighted by atomic mass is 10.1. The van der Waals surface area contributed by atoms with Gasteiger partial charge in [0.05, 0.1) is 25.1 Å². The molecule has 1 aromatic carbocycles. The van der Waals surface area contributed by atoms with Gasteiger partial charge in [-0.05, 0) is 47.6 Å². The van der Waals surface area contributed by atoms with Crippen molar-refractivity contribution in [1.82, 2.24) is 5.32 Å². The molecule has 0 spiro atoms. The van der Waals surface area contributed by atoms with Crippen LogP contribution in [-0.2, 0) is 27.9 Å². The Morgan fingerprint density at radius 3 is 2.11 bits per heavy atom. The Morgan fingerprint density at radius 1 is 1.04 bits per heavy atom. The van der Waals surface area contributed by atoms with Crippen molar-refractivity contribution in [3.05, 3.63) is 29.8 Å². The maximum atomic E-state index is 13.3. The predicted octanol–water partition coefficient (Wildman–Crippen LogP) is 3.71. The number of carbonyl (C=O) groups is 2. The molecule has 0 bridgehead atoms. The Labute approximate surface area is 166 Å². The Balaban J connectivity index is 3.40. The molecule has 0 aliphatic heterocycles. The van der Waals surface area contributed by atoms with E-state index in [1.165, 1.54) is 0 Å². The van der Waals surface area contributed by atoms with Gasteiger partial charge in [0, 0.05) is 5.56 Å². The fourth-order valence-electron chi connectivity index (χ4n) is 2.41. The highest BCUT2D eigenvalue weighted by Crippen LogP contribution is 2.48. The lowest BCUT2D eigenvalue weighted by Gasteiger charge is -2.26. The van der Waals surface area contributed by atoms with E-state index in [4.69, 9.17) is 18.5 Å². The van der Waals surface area contributed by atoms with Gasteiger partial charge in [0.25, 0.3) is 0 Å². The minimum Gasteiger partial charge on any atom is -0.464 e. The molecule has 0 heterocycles. The Bertz CT molecular complexity index is 704. The lowest BCUT2D eigenvalue weighted by Crippen LogP contribution is -2.40. The van der Waals surface area contributed by atoms with E-state index < -0.39 is 31.3 Å². The molecule has 1 atom stereocenters. The molecule has 0 radical (unpaired) electrons. The van der Waals surface area contributed by atoms with E-state index in [2.05, 4.69) is 5.32 Å². The first-order valence-electron chi connectivity index (χ1n) is 9.22. The second-order valence-electron chi connectivity index (χ2n) is 6.72. The van der Waals surface area contributed by atoms with Gasteiger partial charge >= 0.3 is 19.7 Å². The summed E-state index contributed by atoms with van der Waals surface area (Å²) in [4.78, 5) is 24.9. The predicted molar refractivity (Wildman–Crippen MR) is 106 cm³/mol. The van der Waals surface area contributed by atoms with Crippen LogP contribution in [0.5, 0.6) is 0 Å². The molecule has 9 heteroatoms. The summed E-state index contributed by atoms with van der Waals surface area (Å²) in [6.07, 6.45) is -0.803. The highest BCUT2D eigenvalue weighted by molar-refractivity contribution is 7.62. The number of nitrogens with one attached hydrogen (secondary N) is 1. The van der Waals surface area contributed by atoms with Gasteiger partial charge in [-0.25, -0.2) is 9.59 Å². The summed E-state index contributed by atoms with van der Waals surface area (Å²) in [5, 5.41) is 2.69. The van der Waals surface area contributed by atoms with Crippen LogP contribution >= 0.6 is 7.60 Å². The van der Waals surface area contributed by atoms with Crippen LogP contribution in [0, 0.1) is 0 Å². The molecule has 1 N–H and O–H groups in total. The Kier molecular flexibility index (Phi) is 9.14. The first-order chi connectivity index (χ1) is 13.1. The van der Waals surface area contributed by atoms with Gasteiger partial charge in [-0.3, -0.25) is 4.57 Å². The van der Waals surface area contributed by atoms with Gasteiger partial charge in [-0.1, -0.05) is 18.2 Å². The van der Waals surface area contributed by atoms with Crippen LogP contribution in [0.15, 0.2) is 24.3 Å². The zero-order valence-corrected chi connectivity index (χ0v) is 18.2. The van der Waals surface area contributed by atoms with Gasteiger partial charge in [0.15, 0.2) is 6.04 Å². The average Bonchev–Trinajstić information content (AvgIpc) is 2.59. The van der Waals surface area contributed by atoms with Crippen molar-refractivity contribution >= 4 is 25.0 Å². The fraction of sp³-hybridized carbons (Fsp3) is 0.579. The van der Waals surface area contributed by atoms with E-state index in [-0.39, 0.29) is 30.7 Å². The largest absolute Gasteiger partial charge is 0.464 e. The molecule has 8 nitrogen and oxygen atoms in total. The van der Waals surface area contributed by atoms with Crippen LogP contribution in [-0.4, -0.2) is 37.5 Å². The number of hydrogen-bond donors (Lipinski definition) is 1. The number of benzene rings is 1. The van der Waals surface area contributed by atoms with Crippen LogP contribution < -0.4 is 10.6 Å². The van der Waals surface area contributed by atoms with E-state index in [0.717, 1.165) is 0 Å². The zero-order valence-electron chi connectivity index (χ0n) is 17.3. The fourth-order valence-corrected chi connectivity index (χ4v) is 4.23. The third-order valence-electron chi connectivity index (χ3n) is 3.32. The van der Waals surface area contributed by atoms with Gasteiger partial charge in [-0.15, -0.1) is 0 Å². The number of hydrogen-bond acceptors (Lipinski definition) is 7. The van der Waals surface area contributed by atoms with Crippen molar-refractivity contribution < 1.29 is 32.7 Å². The third kappa shape index (κ3) is 6.93. The summed E-state index contributed by atoms with van der Waals surface area (Å²) in [7, 11) is -3.71. The molecule has 0 aliphatic carbocycles. The molecule has 0 unspecified atom stereocenters. The highest BCUT2D eigenvalue weighted by Gasteiger charge is 2.36. The number of amides is 1. The topological polar surface area (TPSA) is 100 Å². The van der Waals surface area contributed by atoms with Crippen molar-refractivity contribution in [1.29, 1.82) is 0 Å². The van der Waals surface area contributed by atoms with Gasteiger partial charge < -0.3 is 23.8 Å². The molecular weight excluding hydrogens is 385 g/mol. The second kappa shape index (κ2) is 10.6. The number of alkyl carbamates (subject to hydrolysis) is 1. The van der Waals surface area contributed by atoms with Crippen molar-refractivity contribution in [3.63, 3.8) is 0 Å². The van der Waals surface area contributed by atoms with Gasteiger partial charge in [0.1, 0.15) is 5.60 Å². The highest BCUT2D eigenvalue weighted by atomic mass is 31.2. The first-order valence-corrected chi connectivity index (χ1v) is 10.8. The summed E-state index contributed by atoms with van der Waals surface area (Å²) in [5.74, 6) is -0.708. The molecule has 0 fully saturated rings. The van der Waals surface area contributed by atoms with E-state index >= 15 is 0 Å². The monoisotopic (exact) mass is 415 g/mol. The Morgan fingerprint density at radius 2 is 1.61 bits per heavy atom. The normalized spacial score (nSPS) is 12.9. The quantitative estimate of drug-likeness (QED) is 0.485. The summed E-state index contributed by atoms with van der Waals surface area (Å²) >= 11 is 0. The lowest BCUT2D eigenvalue weighted by molar-refractivity contribution is -0.145. The number of esters is 1. The van der Waals surface area contributed by atoms with Crippen molar-refractivity contribution in [2.45, 2.75) is 53.2 Å². The zero-order chi connectivity index (χ0) is 21.4. The van der Waals surface area contributed by atoms with Crippen LogP contribution in [0.25, 0.3) is 0 Å². The molecule has 0 aliphatic rings. The standard InChI is InChI=1S/C19H30NO7P/c1-7-24-17(21)16(20-18(22)27-19(4,5)6)14-12-10-11-13-15(14)28(23,25-8-2)26-9-3/h10-13,16H,7-9H2,1-6H3,(H,20,22)/t16-/m0/s1. The molecular formula is C19H30NO7P. The van der Waals surface area contributed by atoms with Gasteiger partial charge in [-0.2, -0.15) is 0 Å². The maximum Gasteiger partial charge on any atom is 0.408 e. The number of carbonyl (C=O) groups excluding carboxylic acids is 2. The second-order valence-corrected chi connectivity index (χ2v) is 8.72. The maximum absolute atomic E-state index is 13.3. The van der Waals surface area contributed by atoms with E-state index in [1.54, 1.807) is 65.8 Å². The van der Waals surface area contributed by atoms with Crippen molar-refractivity contribution in [3.8, 4) is 0 Å². The molecule has 1 rings (SSSR count). The van der Waals surface area contributed by atoms with Crippen molar-refractivity contribution in [2.75, 3.05) is 19.8 Å². The number of ether oxygens (including phenoxy) is 2. The molecule has 1 amide bonds. The van der Waals surface area contributed by atoms with Crippen LogP contribution in [0.3, 0.4) is 0 Å². The summed E-state index contributed by atoms with van der Waals surface area (Å²) in [6, 6.07) is 5.19. The SMILES string of the molecule is CCOC(=O)[C@@H](NC(=O)OC(C)(C)C)c1ccccc1P(=O)(OCC)OCC. The average molecular weight is 415 g/mol. The van der Waals surface area contributed by atoms with Crippen molar-refractivity contribution in [2.24, 2.45) is 0 Å². The van der Waals surface area contributed by atoms with E-state index in [9.17, 15) is 14.2 Å². The smallest absolute Gasteiger partial charge is 0.408 e. The molecule has 0 saturated heterocycles. The minimum absolute atomic E-state index is 0.113. The van der Waals surface area contributed by atoms with E-state index in [0.29, 0.717) is 0 Å². The molecule has 158 valence electrons. The molecule has 0 aromatic heterocycles. The third-order valence-corrected chi connectivity index (χ3v) is 5.52. The Hall–Kier alpha value is -1.89. The molecule has 28 heavy (non-hydrogen) atoms. The summed E-state index contributed by atoms with van der Waals surface area (Å²) < 4.78 is 34.5. The van der Waals surface area contributed by atoms with Crippen LogP contribution in [0.1, 0.15) is 53.1 Å². The summed E-state index contributed by atoms with van der Waals surface area (Å²) in [6.45, 7) is 10.6. The number of rotatable bonds is 9. The van der Waals surface area contributed by atoms with Crippen LogP contribution in [0.2, 0.25) is 0 Å². The summed E-state index contributed by atoms with van der Waals surface area (Å²) in [5.41, 5.74) is -0.494. The van der Waals surface area contributed by atoms with Gasteiger partial charge in [0.2, 0.25) is 0 Å². The van der Waals surface area contributed by atoms with E-state index in [1.807, 2.05) is 0 Å².